The summed E-state index contributed by atoms with van der Waals surface area (Å²) in [5, 5.41) is 5.25. The van der Waals surface area contributed by atoms with Crippen LogP contribution in [0.2, 0.25) is 10.0 Å². The lowest BCUT2D eigenvalue weighted by atomic mass is 10.1. The lowest BCUT2D eigenvalue weighted by Gasteiger charge is -2.13. The maximum atomic E-state index is 6.04. The number of nitrogens with two attached hydrogens (primary N) is 2. The Balaban J connectivity index is 1.91. The molecule has 1 aromatic heterocycles. The van der Waals surface area contributed by atoms with Crippen molar-refractivity contribution in [3.05, 3.63) is 51.5 Å². The van der Waals surface area contributed by atoms with Crippen LogP contribution in [0.1, 0.15) is 11.1 Å². The smallest absolute Gasteiger partial charge is 0.222 e. The molecule has 0 spiro atoms. The fourth-order valence-corrected chi connectivity index (χ4v) is 2.80. The van der Waals surface area contributed by atoms with E-state index in [0.29, 0.717) is 22.4 Å². The Hall–Kier alpha value is -2.24. The SMILES string of the molecule is Cc1c(NCc2ccc(Cl)c(Cl)c2)ccc2nc(N)nc(N)c12. The molecule has 1 heterocycles. The van der Waals surface area contributed by atoms with Gasteiger partial charge in [0.15, 0.2) is 0 Å². The molecular formula is C16H15Cl2N5. The van der Waals surface area contributed by atoms with E-state index in [2.05, 4.69) is 15.3 Å². The minimum Gasteiger partial charge on any atom is -0.383 e. The summed E-state index contributed by atoms with van der Waals surface area (Å²) in [5.41, 5.74) is 15.3. The topological polar surface area (TPSA) is 89.8 Å². The summed E-state index contributed by atoms with van der Waals surface area (Å²) in [6.07, 6.45) is 0. The van der Waals surface area contributed by atoms with E-state index >= 15 is 0 Å². The number of anilines is 3. The highest BCUT2D eigenvalue weighted by Gasteiger charge is 2.10. The Morgan fingerprint density at radius 3 is 2.57 bits per heavy atom. The van der Waals surface area contributed by atoms with Crippen molar-refractivity contribution < 1.29 is 0 Å². The Labute approximate surface area is 143 Å². The van der Waals surface area contributed by atoms with Gasteiger partial charge in [0.2, 0.25) is 5.95 Å². The first-order chi connectivity index (χ1) is 11.0. The standard InChI is InChI=1S/C16H15Cl2N5/c1-8-12(21-7-9-2-3-10(17)11(18)6-9)4-5-13-14(8)15(19)23-16(20)22-13/h2-6,21H,7H2,1H3,(H4,19,20,22,23). The van der Waals surface area contributed by atoms with E-state index < -0.39 is 0 Å². The van der Waals surface area contributed by atoms with Gasteiger partial charge in [0.1, 0.15) is 5.82 Å². The molecule has 0 atom stereocenters. The second kappa shape index (κ2) is 6.10. The van der Waals surface area contributed by atoms with Gasteiger partial charge in [-0.05, 0) is 42.3 Å². The molecule has 0 amide bonds. The summed E-state index contributed by atoms with van der Waals surface area (Å²) in [6, 6.07) is 9.36. The zero-order chi connectivity index (χ0) is 16.6. The van der Waals surface area contributed by atoms with Crippen LogP contribution in [0, 0.1) is 6.92 Å². The van der Waals surface area contributed by atoms with E-state index in [9.17, 15) is 0 Å². The lowest BCUT2D eigenvalue weighted by molar-refractivity contribution is 1.14. The number of fused-ring (bicyclic) bond motifs is 1. The van der Waals surface area contributed by atoms with Gasteiger partial charge in [-0.15, -0.1) is 0 Å². The predicted molar refractivity (Wildman–Crippen MR) is 96.9 cm³/mol. The van der Waals surface area contributed by atoms with Crippen LogP contribution in [0.25, 0.3) is 10.9 Å². The van der Waals surface area contributed by atoms with Crippen molar-refractivity contribution in [3.8, 4) is 0 Å². The maximum Gasteiger partial charge on any atom is 0.222 e. The molecule has 23 heavy (non-hydrogen) atoms. The summed E-state index contributed by atoms with van der Waals surface area (Å²) in [6.45, 7) is 2.58. The van der Waals surface area contributed by atoms with Crippen LogP contribution in [0.4, 0.5) is 17.5 Å². The molecule has 0 saturated carbocycles. The summed E-state index contributed by atoms with van der Waals surface area (Å²) < 4.78 is 0. The van der Waals surface area contributed by atoms with Gasteiger partial charge in [-0.1, -0.05) is 29.3 Å². The lowest BCUT2D eigenvalue weighted by Crippen LogP contribution is -2.05. The number of aryl methyl sites for hydroxylation is 1. The Morgan fingerprint density at radius 2 is 1.83 bits per heavy atom. The highest BCUT2D eigenvalue weighted by Crippen LogP contribution is 2.29. The second-order valence-corrected chi connectivity index (χ2v) is 6.02. The Bertz CT molecular complexity index is 895. The van der Waals surface area contributed by atoms with Crippen LogP contribution in [-0.4, -0.2) is 9.97 Å². The number of halogens is 2. The first-order valence-electron chi connectivity index (χ1n) is 6.96. The molecule has 0 aliphatic rings. The van der Waals surface area contributed by atoms with Crippen LogP contribution in [0.15, 0.2) is 30.3 Å². The number of rotatable bonds is 3. The third kappa shape index (κ3) is 3.11. The van der Waals surface area contributed by atoms with Crippen molar-refractivity contribution in [1.29, 1.82) is 0 Å². The summed E-state index contributed by atoms with van der Waals surface area (Å²) in [4.78, 5) is 8.23. The number of nitrogens with one attached hydrogen (secondary N) is 1. The summed E-state index contributed by atoms with van der Waals surface area (Å²) in [5.74, 6) is 0.550. The molecule has 0 bridgehead atoms. The van der Waals surface area contributed by atoms with Crippen LogP contribution >= 0.6 is 23.2 Å². The van der Waals surface area contributed by atoms with Crippen LogP contribution in [0.3, 0.4) is 0 Å². The maximum absolute atomic E-state index is 6.04. The Kier molecular flexibility index (Phi) is 4.15. The van der Waals surface area contributed by atoms with Gasteiger partial charge < -0.3 is 16.8 Å². The predicted octanol–water partition coefficient (Wildman–Crippen LogP) is 4.02. The van der Waals surface area contributed by atoms with Crippen LogP contribution in [0.5, 0.6) is 0 Å². The van der Waals surface area contributed by atoms with Crippen molar-refractivity contribution in [2.24, 2.45) is 0 Å². The van der Waals surface area contributed by atoms with E-state index in [1.807, 2.05) is 31.2 Å². The number of nitrogen functional groups attached to an aromatic ring is 2. The van der Waals surface area contributed by atoms with Crippen LogP contribution in [-0.2, 0) is 6.54 Å². The van der Waals surface area contributed by atoms with E-state index in [-0.39, 0.29) is 5.95 Å². The van der Waals surface area contributed by atoms with Crippen molar-refractivity contribution >= 4 is 51.6 Å². The minimum atomic E-state index is 0.172. The second-order valence-electron chi connectivity index (χ2n) is 5.20. The largest absolute Gasteiger partial charge is 0.383 e. The van der Waals surface area contributed by atoms with E-state index in [4.69, 9.17) is 34.7 Å². The monoisotopic (exact) mass is 347 g/mol. The van der Waals surface area contributed by atoms with Gasteiger partial charge in [-0.2, -0.15) is 4.98 Å². The first kappa shape index (κ1) is 15.6. The van der Waals surface area contributed by atoms with Gasteiger partial charge in [0, 0.05) is 17.6 Å². The molecule has 7 heteroatoms. The number of nitrogens with zero attached hydrogens (tertiary/aromatic N) is 2. The molecule has 0 aliphatic carbocycles. The highest BCUT2D eigenvalue weighted by molar-refractivity contribution is 6.42. The molecule has 0 fully saturated rings. The van der Waals surface area contributed by atoms with Crippen molar-refractivity contribution in [2.75, 3.05) is 16.8 Å². The molecule has 3 rings (SSSR count). The van der Waals surface area contributed by atoms with Gasteiger partial charge in [-0.25, -0.2) is 4.98 Å². The van der Waals surface area contributed by atoms with Crippen LogP contribution < -0.4 is 16.8 Å². The van der Waals surface area contributed by atoms with Gasteiger partial charge in [0.25, 0.3) is 0 Å². The molecule has 5 N–H and O–H groups in total. The zero-order valence-corrected chi connectivity index (χ0v) is 13.9. The first-order valence-corrected chi connectivity index (χ1v) is 7.71. The molecule has 118 valence electrons. The zero-order valence-electron chi connectivity index (χ0n) is 12.4. The normalized spacial score (nSPS) is 10.9. The fourth-order valence-electron chi connectivity index (χ4n) is 2.48. The fraction of sp³-hybridized carbons (Fsp3) is 0.125. The highest BCUT2D eigenvalue weighted by atomic mass is 35.5. The molecule has 0 unspecified atom stereocenters. The number of benzene rings is 2. The van der Waals surface area contributed by atoms with Gasteiger partial charge >= 0.3 is 0 Å². The third-order valence-electron chi connectivity index (χ3n) is 3.64. The van der Waals surface area contributed by atoms with E-state index in [0.717, 1.165) is 27.7 Å². The number of aromatic nitrogens is 2. The van der Waals surface area contributed by atoms with Crippen molar-refractivity contribution in [3.63, 3.8) is 0 Å². The summed E-state index contributed by atoms with van der Waals surface area (Å²) in [7, 11) is 0. The van der Waals surface area contributed by atoms with E-state index in [1.165, 1.54) is 0 Å². The average molecular weight is 348 g/mol. The molecule has 0 radical (unpaired) electrons. The van der Waals surface area contributed by atoms with Gasteiger partial charge in [0.05, 0.1) is 15.6 Å². The van der Waals surface area contributed by atoms with Crippen molar-refractivity contribution in [2.45, 2.75) is 13.5 Å². The van der Waals surface area contributed by atoms with Gasteiger partial charge in [-0.3, -0.25) is 0 Å². The molecule has 0 saturated heterocycles. The summed E-state index contributed by atoms with van der Waals surface area (Å²) >= 11 is 12.0. The van der Waals surface area contributed by atoms with Crippen molar-refractivity contribution in [1.82, 2.24) is 9.97 Å². The van der Waals surface area contributed by atoms with E-state index in [1.54, 1.807) is 6.07 Å². The number of hydrogen-bond donors (Lipinski definition) is 3. The number of hydrogen-bond acceptors (Lipinski definition) is 5. The molecule has 3 aromatic rings. The molecule has 5 nitrogen and oxygen atoms in total. The molecule has 0 aliphatic heterocycles. The molecule has 2 aromatic carbocycles. The Morgan fingerprint density at radius 1 is 1.04 bits per heavy atom. The molecular weight excluding hydrogens is 333 g/mol. The minimum absolute atomic E-state index is 0.172. The average Bonchev–Trinajstić information content (AvgIpc) is 2.49. The quantitative estimate of drug-likeness (QED) is 0.665. The third-order valence-corrected chi connectivity index (χ3v) is 4.38.